The summed E-state index contributed by atoms with van der Waals surface area (Å²) in [5.74, 6) is -1.07. The van der Waals surface area contributed by atoms with E-state index in [1.807, 2.05) is 6.92 Å². The minimum absolute atomic E-state index is 0.456. The molecule has 3 N–H and O–H groups in total. The second-order valence-corrected chi connectivity index (χ2v) is 4.33. The minimum atomic E-state index is -1.39. The molecule has 0 unspecified atom stereocenters. The second kappa shape index (κ2) is 3.29. The summed E-state index contributed by atoms with van der Waals surface area (Å²) in [6.45, 7) is 3.26. The molecule has 0 radical (unpaired) electrons. The molecular weight excluding hydrogens is 210 g/mol. The molecule has 1 heterocycles. The summed E-state index contributed by atoms with van der Waals surface area (Å²) in [6, 6.07) is 0. The number of aliphatic carboxylic acids is 1. The van der Waals surface area contributed by atoms with Crippen LogP contribution in [0.25, 0.3) is 0 Å². The first-order valence-electron chi connectivity index (χ1n) is 3.63. The second-order valence-electron chi connectivity index (χ2n) is 3.07. The van der Waals surface area contributed by atoms with Crippen LogP contribution in [0.3, 0.4) is 0 Å². The van der Waals surface area contributed by atoms with Crippen molar-refractivity contribution in [2.45, 2.75) is 19.4 Å². The van der Waals surface area contributed by atoms with Crippen LogP contribution < -0.4 is 5.73 Å². The van der Waals surface area contributed by atoms with E-state index < -0.39 is 11.5 Å². The number of aryl methyl sites for hydroxylation is 1. The highest BCUT2D eigenvalue weighted by Gasteiger charge is 2.34. The van der Waals surface area contributed by atoms with Crippen molar-refractivity contribution in [3.05, 3.63) is 20.8 Å². The van der Waals surface area contributed by atoms with Crippen LogP contribution in [0, 0.1) is 6.92 Å². The van der Waals surface area contributed by atoms with Gasteiger partial charge in [0.1, 0.15) is 5.54 Å². The van der Waals surface area contributed by atoms with E-state index in [-0.39, 0.29) is 0 Å². The van der Waals surface area contributed by atoms with Crippen molar-refractivity contribution in [1.82, 2.24) is 0 Å². The van der Waals surface area contributed by atoms with Crippen LogP contribution in [0.4, 0.5) is 0 Å². The van der Waals surface area contributed by atoms with Gasteiger partial charge in [-0.05, 0) is 24.8 Å². The number of hydrogen-bond donors (Lipinski definition) is 2. The quantitative estimate of drug-likeness (QED) is 0.800. The van der Waals surface area contributed by atoms with Crippen molar-refractivity contribution >= 4 is 28.9 Å². The maximum absolute atomic E-state index is 10.8. The van der Waals surface area contributed by atoms with Crippen LogP contribution in [-0.4, -0.2) is 11.1 Å². The van der Waals surface area contributed by atoms with Crippen molar-refractivity contribution in [3.63, 3.8) is 0 Å². The molecule has 1 atom stereocenters. The molecule has 1 aromatic heterocycles. The summed E-state index contributed by atoms with van der Waals surface area (Å²) in [4.78, 5) is 11.3. The molecule has 0 saturated carbocycles. The molecule has 0 aliphatic carbocycles. The molecule has 1 aromatic rings. The fourth-order valence-corrected chi connectivity index (χ4v) is 2.34. The van der Waals surface area contributed by atoms with Crippen LogP contribution in [0.2, 0.25) is 5.02 Å². The van der Waals surface area contributed by atoms with Gasteiger partial charge in [-0.15, -0.1) is 11.3 Å². The van der Waals surface area contributed by atoms with Crippen molar-refractivity contribution in [3.8, 4) is 0 Å². The van der Waals surface area contributed by atoms with E-state index in [0.29, 0.717) is 9.90 Å². The van der Waals surface area contributed by atoms with Gasteiger partial charge in [-0.2, -0.15) is 0 Å². The Hall–Kier alpha value is -0.580. The van der Waals surface area contributed by atoms with Crippen LogP contribution in [0.15, 0.2) is 5.38 Å². The predicted octanol–water partition coefficient (Wildman–Crippen LogP) is 1.97. The van der Waals surface area contributed by atoms with Gasteiger partial charge >= 0.3 is 5.97 Å². The van der Waals surface area contributed by atoms with Gasteiger partial charge in [0, 0.05) is 0 Å². The maximum Gasteiger partial charge on any atom is 0.328 e. The number of nitrogens with two attached hydrogens (primary N) is 1. The lowest BCUT2D eigenvalue weighted by molar-refractivity contribution is -0.142. The van der Waals surface area contributed by atoms with E-state index in [1.54, 1.807) is 5.38 Å². The van der Waals surface area contributed by atoms with E-state index in [9.17, 15) is 4.79 Å². The summed E-state index contributed by atoms with van der Waals surface area (Å²) in [5.41, 5.74) is 5.09. The number of halogens is 1. The number of thiophene rings is 1. The Bertz CT molecular complexity index is 346. The number of carbonyl (C=O) groups is 1. The molecule has 72 valence electrons. The third-order valence-electron chi connectivity index (χ3n) is 1.82. The number of hydrogen-bond acceptors (Lipinski definition) is 3. The van der Waals surface area contributed by atoms with Gasteiger partial charge in [0.2, 0.25) is 0 Å². The number of rotatable bonds is 2. The highest BCUT2D eigenvalue weighted by molar-refractivity contribution is 7.11. The first-order valence-corrected chi connectivity index (χ1v) is 4.89. The van der Waals surface area contributed by atoms with Gasteiger partial charge in [-0.1, -0.05) is 11.6 Å². The zero-order valence-corrected chi connectivity index (χ0v) is 8.87. The molecule has 0 bridgehead atoms. The van der Waals surface area contributed by atoms with Gasteiger partial charge in [0.25, 0.3) is 0 Å². The molecule has 5 heteroatoms. The van der Waals surface area contributed by atoms with Crippen molar-refractivity contribution in [2.24, 2.45) is 5.73 Å². The van der Waals surface area contributed by atoms with E-state index >= 15 is 0 Å². The Morgan fingerprint density at radius 3 is 2.62 bits per heavy atom. The summed E-state index contributed by atoms with van der Waals surface area (Å²) in [5, 5.41) is 11.1. The average molecular weight is 220 g/mol. The third kappa shape index (κ3) is 1.70. The number of carboxylic acids is 1. The molecule has 0 amide bonds. The van der Waals surface area contributed by atoms with Crippen LogP contribution in [-0.2, 0) is 10.3 Å². The first kappa shape index (κ1) is 10.5. The fourth-order valence-electron chi connectivity index (χ4n) is 0.877. The Labute approximate surface area is 85.1 Å². The van der Waals surface area contributed by atoms with E-state index in [2.05, 4.69) is 0 Å². The van der Waals surface area contributed by atoms with Crippen molar-refractivity contribution in [2.75, 3.05) is 0 Å². The Morgan fingerprint density at radius 1 is 1.77 bits per heavy atom. The average Bonchev–Trinajstić information content (AvgIpc) is 2.33. The molecule has 1 rings (SSSR count). The highest BCUT2D eigenvalue weighted by atomic mass is 35.5. The van der Waals surface area contributed by atoms with Gasteiger partial charge in [-0.25, -0.2) is 4.79 Å². The van der Waals surface area contributed by atoms with Gasteiger partial charge in [-0.3, -0.25) is 0 Å². The van der Waals surface area contributed by atoms with E-state index in [4.69, 9.17) is 22.4 Å². The summed E-state index contributed by atoms with van der Waals surface area (Å²) in [6.07, 6.45) is 0. The topological polar surface area (TPSA) is 63.3 Å². The van der Waals surface area contributed by atoms with Gasteiger partial charge < -0.3 is 10.8 Å². The summed E-state index contributed by atoms with van der Waals surface area (Å²) >= 11 is 7.18. The smallest absolute Gasteiger partial charge is 0.328 e. The number of carboxylic acid groups (broad SMARTS) is 1. The predicted molar refractivity (Wildman–Crippen MR) is 53.2 cm³/mol. The Balaban J connectivity index is 3.22. The molecule has 0 spiro atoms. The Kier molecular flexibility index (Phi) is 2.66. The lowest BCUT2D eigenvalue weighted by atomic mass is 10.0. The summed E-state index contributed by atoms with van der Waals surface area (Å²) < 4.78 is 0. The normalized spacial score (nSPS) is 15.4. The first-order chi connectivity index (χ1) is 5.87. The molecule has 0 aliphatic rings. The van der Waals surface area contributed by atoms with Crippen molar-refractivity contribution in [1.29, 1.82) is 0 Å². The highest BCUT2D eigenvalue weighted by Crippen LogP contribution is 2.34. The lowest BCUT2D eigenvalue weighted by Gasteiger charge is -2.17. The van der Waals surface area contributed by atoms with Crippen LogP contribution >= 0.6 is 22.9 Å². The van der Waals surface area contributed by atoms with E-state index in [1.165, 1.54) is 18.3 Å². The third-order valence-corrected chi connectivity index (χ3v) is 3.75. The minimum Gasteiger partial charge on any atom is -0.480 e. The standard InChI is InChI=1S/C8H10ClNO2S/c1-4-3-13-6(5(4)9)8(2,10)7(11)12/h3H,10H2,1-2H3,(H,11,12)/t8-/m0/s1. The summed E-state index contributed by atoms with van der Waals surface area (Å²) in [7, 11) is 0. The molecule has 3 nitrogen and oxygen atoms in total. The zero-order valence-electron chi connectivity index (χ0n) is 7.30. The van der Waals surface area contributed by atoms with Gasteiger partial charge in [0.05, 0.1) is 9.90 Å². The van der Waals surface area contributed by atoms with Crippen LogP contribution in [0.1, 0.15) is 17.4 Å². The zero-order chi connectivity index (χ0) is 10.2. The molecule has 0 aliphatic heterocycles. The largest absolute Gasteiger partial charge is 0.480 e. The SMILES string of the molecule is Cc1csc([C@](C)(N)C(=O)O)c1Cl. The fraction of sp³-hybridized carbons (Fsp3) is 0.375. The van der Waals surface area contributed by atoms with Crippen LogP contribution in [0.5, 0.6) is 0 Å². The van der Waals surface area contributed by atoms with Gasteiger partial charge in [0.15, 0.2) is 0 Å². The maximum atomic E-state index is 10.8. The molecule has 13 heavy (non-hydrogen) atoms. The molecule has 0 saturated heterocycles. The molecular formula is C8H10ClNO2S. The Morgan fingerprint density at radius 2 is 2.31 bits per heavy atom. The molecule has 0 fully saturated rings. The van der Waals surface area contributed by atoms with Crippen molar-refractivity contribution < 1.29 is 9.90 Å². The monoisotopic (exact) mass is 219 g/mol. The lowest BCUT2D eigenvalue weighted by Crippen LogP contribution is -2.41. The molecule has 0 aromatic carbocycles. The van der Waals surface area contributed by atoms with E-state index in [0.717, 1.165) is 5.56 Å².